The number of benzene rings is 1. The molecule has 0 bridgehead atoms. The van der Waals surface area contributed by atoms with Crippen LogP contribution < -0.4 is 10.1 Å². The molecule has 4 nitrogen and oxygen atoms in total. The molecule has 0 spiro atoms. The molecule has 110 valence electrons. The van der Waals surface area contributed by atoms with E-state index in [9.17, 15) is 4.79 Å². The lowest BCUT2D eigenvalue weighted by molar-refractivity contribution is -0.118. The Bertz CT molecular complexity index is 627. The third-order valence-electron chi connectivity index (χ3n) is 3.00. The smallest absolute Gasteiger partial charge is 0.263 e. The summed E-state index contributed by atoms with van der Waals surface area (Å²) in [4.78, 5) is 16.0. The van der Waals surface area contributed by atoms with Gasteiger partial charge in [-0.2, -0.15) is 0 Å². The number of anilines is 1. The average Bonchev–Trinajstić information content (AvgIpc) is 2.48. The van der Waals surface area contributed by atoms with Crippen molar-refractivity contribution >= 4 is 27.7 Å². The summed E-state index contributed by atoms with van der Waals surface area (Å²) < 4.78 is 6.33. The van der Waals surface area contributed by atoms with Crippen LogP contribution in [0.1, 0.15) is 18.1 Å². The van der Waals surface area contributed by atoms with Gasteiger partial charge in [0.25, 0.3) is 5.91 Å². The summed E-state index contributed by atoms with van der Waals surface area (Å²) in [6.45, 7) is 3.94. The van der Waals surface area contributed by atoms with Crippen molar-refractivity contribution in [3.63, 3.8) is 0 Å². The summed E-state index contributed by atoms with van der Waals surface area (Å²) in [5, 5.41) is 2.73. The zero-order valence-electron chi connectivity index (χ0n) is 12.0. The van der Waals surface area contributed by atoms with Gasteiger partial charge in [-0.05, 0) is 58.6 Å². The van der Waals surface area contributed by atoms with E-state index in [4.69, 9.17) is 4.74 Å². The van der Waals surface area contributed by atoms with Gasteiger partial charge < -0.3 is 10.1 Å². The normalized spacial score (nSPS) is 10.2. The standard InChI is InChI=1S/C16H17BrN2O2/c1-3-12-4-6-14(7-5-12)21-10-15(20)19-16-11(2)8-13(17)9-18-16/h4-9H,3,10H2,1-2H3,(H,18,19,20). The largest absolute Gasteiger partial charge is 0.484 e. The molecule has 0 saturated carbocycles. The Kier molecular flexibility index (Phi) is 5.33. The van der Waals surface area contributed by atoms with Gasteiger partial charge in [0.1, 0.15) is 11.6 Å². The molecule has 0 radical (unpaired) electrons. The first-order valence-electron chi connectivity index (χ1n) is 6.72. The van der Waals surface area contributed by atoms with Gasteiger partial charge in [-0.15, -0.1) is 0 Å². The van der Waals surface area contributed by atoms with Crippen LogP contribution in [0.15, 0.2) is 41.0 Å². The minimum absolute atomic E-state index is 0.0390. The van der Waals surface area contributed by atoms with E-state index < -0.39 is 0 Å². The number of aryl methyl sites for hydroxylation is 2. The van der Waals surface area contributed by atoms with Crippen LogP contribution in [0.2, 0.25) is 0 Å². The summed E-state index contributed by atoms with van der Waals surface area (Å²) >= 11 is 3.34. The van der Waals surface area contributed by atoms with E-state index in [1.807, 2.05) is 37.3 Å². The molecule has 1 amide bonds. The topological polar surface area (TPSA) is 51.2 Å². The summed E-state index contributed by atoms with van der Waals surface area (Å²) in [7, 11) is 0. The summed E-state index contributed by atoms with van der Waals surface area (Å²) in [6.07, 6.45) is 2.63. The Balaban J connectivity index is 1.89. The number of amides is 1. The Hall–Kier alpha value is -1.88. The molecule has 1 aromatic carbocycles. The maximum Gasteiger partial charge on any atom is 0.263 e. The number of rotatable bonds is 5. The molecule has 0 aliphatic carbocycles. The first-order chi connectivity index (χ1) is 10.1. The molecule has 1 N–H and O–H groups in total. The number of hydrogen-bond donors (Lipinski definition) is 1. The highest BCUT2D eigenvalue weighted by Gasteiger charge is 2.07. The van der Waals surface area contributed by atoms with Gasteiger partial charge in [-0.1, -0.05) is 19.1 Å². The van der Waals surface area contributed by atoms with Crippen molar-refractivity contribution < 1.29 is 9.53 Å². The molecule has 2 rings (SSSR count). The van der Waals surface area contributed by atoms with Crippen LogP contribution in [0.4, 0.5) is 5.82 Å². The van der Waals surface area contributed by atoms with Crippen LogP contribution in [-0.2, 0) is 11.2 Å². The molecular formula is C16H17BrN2O2. The summed E-state index contributed by atoms with van der Waals surface area (Å²) in [6, 6.07) is 9.62. The lowest BCUT2D eigenvalue weighted by Crippen LogP contribution is -2.21. The van der Waals surface area contributed by atoms with Crippen molar-refractivity contribution in [3.05, 3.63) is 52.1 Å². The van der Waals surface area contributed by atoms with Crippen molar-refractivity contribution in [2.75, 3.05) is 11.9 Å². The summed E-state index contributed by atoms with van der Waals surface area (Å²) in [5.74, 6) is 1.00. The molecule has 0 unspecified atom stereocenters. The predicted octanol–water partition coefficient (Wildman–Crippen LogP) is 3.73. The minimum Gasteiger partial charge on any atom is -0.484 e. The van der Waals surface area contributed by atoms with Crippen LogP contribution in [0.25, 0.3) is 0 Å². The Morgan fingerprint density at radius 3 is 2.67 bits per heavy atom. The molecule has 5 heteroatoms. The molecular weight excluding hydrogens is 332 g/mol. The van der Waals surface area contributed by atoms with Gasteiger partial charge in [0.15, 0.2) is 6.61 Å². The number of halogens is 1. The van der Waals surface area contributed by atoms with E-state index in [0.29, 0.717) is 11.6 Å². The maximum absolute atomic E-state index is 11.9. The first-order valence-corrected chi connectivity index (χ1v) is 7.51. The maximum atomic E-state index is 11.9. The molecule has 0 saturated heterocycles. The Morgan fingerprint density at radius 1 is 1.33 bits per heavy atom. The highest BCUT2D eigenvalue weighted by atomic mass is 79.9. The first kappa shape index (κ1) is 15.5. The van der Waals surface area contributed by atoms with Crippen molar-refractivity contribution in [2.45, 2.75) is 20.3 Å². The van der Waals surface area contributed by atoms with Crippen molar-refractivity contribution in [1.82, 2.24) is 4.98 Å². The quantitative estimate of drug-likeness (QED) is 0.895. The second kappa shape index (κ2) is 7.22. The van der Waals surface area contributed by atoms with Crippen molar-refractivity contribution in [1.29, 1.82) is 0 Å². The van der Waals surface area contributed by atoms with Crippen molar-refractivity contribution in [2.24, 2.45) is 0 Å². The Labute approximate surface area is 132 Å². The number of pyridine rings is 1. The fraction of sp³-hybridized carbons (Fsp3) is 0.250. The van der Waals surface area contributed by atoms with E-state index >= 15 is 0 Å². The van der Waals surface area contributed by atoms with Gasteiger partial charge in [0, 0.05) is 10.7 Å². The van der Waals surface area contributed by atoms with Crippen LogP contribution in [0, 0.1) is 6.92 Å². The molecule has 0 aliphatic rings. The number of aromatic nitrogens is 1. The zero-order valence-corrected chi connectivity index (χ0v) is 13.6. The van der Waals surface area contributed by atoms with Gasteiger partial charge in [-0.3, -0.25) is 4.79 Å². The lowest BCUT2D eigenvalue weighted by atomic mass is 10.2. The molecule has 1 heterocycles. The lowest BCUT2D eigenvalue weighted by Gasteiger charge is -2.09. The molecule has 0 fully saturated rings. The highest BCUT2D eigenvalue weighted by Crippen LogP contribution is 2.17. The fourth-order valence-corrected chi connectivity index (χ4v) is 2.26. The number of nitrogens with zero attached hydrogens (tertiary/aromatic N) is 1. The van der Waals surface area contributed by atoms with E-state index in [-0.39, 0.29) is 12.5 Å². The van der Waals surface area contributed by atoms with E-state index in [1.165, 1.54) is 5.56 Å². The molecule has 21 heavy (non-hydrogen) atoms. The minimum atomic E-state index is -0.229. The Morgan fingerprint density at radius 2 is 2.05 bits per heavy atom. The van der Waals surface area contributed by atoms with E-state index in [0.717, 1.165) is 16.5 Å². The number of carbonyl (C=O) groups excluding carboxylic acids is 1. The average molecular weight is 349 g/mol. The number of ether oxygens (including phenoxy) is 1. The second-order valence-corrected chi connectivity index (χ2v) is 5.57. The van der Waals surface area contributed by atoms with Gasteiger partial charge in [-0.25, -0.2) is 4.98 Å². The molecule has 0 atom stereocenters. The molecule has 2 aromatic rings. The fourth-order valence-electron chi connectivity index (χ4n) is 1.81. The number of nitrogens with one attached hydrogen (secondary N) is 1. The van der Waals surface area contributed by atoms with Crippen molar-refractivity contribution in [3.8, 4) is 5.75 Å². The molecule has 0 aliphatic heterocycles. The predicted molar refractivity (Wildman–Crippen MR) is 86.6 cm³/mol. The summed E-state index contributed by atoms with van der Waals surface area (Å²) in [5.41, 5.74) is 2.13. The number of hydrogen-bond acceptors (Lipinski definition) is 3. The van der Waals surface area contributed by atoms with E-state index in [2.05, 4.69) is 33.2 Å². The third-order valence-corrected chi connectivity index (χ3v) is 3.44. The van der Waals surface area contributed by atoms with Gasteiger partial charge in [0.05, 0.1) is 0 Å². The SMILES string of the molecule is CCc1ccc(OCC(=O)Nc2ncc(Br)cc2C)cc1. The monoisotopic (exact) mass is 348 g/mol. The van der Waals surface area contributed by atoms with Gasteiger partial charge in [0.2, 0.25) is 0 Å². The van der Waals surface area contributed by atoms with E-state index in [1.54, 1.807) is 6.20 Å². The van der Waals surface area contributed by atoms with Crippen LogP contribution in [0.3, 0.4) is 0 Å². The van der Waals surface area contributed by atoms with Crippen LogP contribution in [-0.4, -0.2) is 17.5 Å². The van der Waals surface area contributed by atoms with Gasteiger partial charge >= 0.3 is 0 Å². The number of carbonyl (C=O) groups is 1. The second-order valence-electron chi connectivity index (χ2n) is 4.65. The molecule has 1 aromatic heterocycles. The highest BCUT2D eigenvalue weighted by molar-refractivity contribution is 9.10. The third kappa shape index (κ3) is 4.56. The van der Waals surface area contributed by atoms with Crippen LogP contribution in [0.5, 0.6) is 5.75 Å². The zero-order chi connectivity index (χ0) is 15.2. The van der Waals surface area contributed by atoms with Crippen LogP contribution >= 0.6 is 15.9 Å².